The maximum Gasteiger partial charge on any atom is 0.0549 e. The Morgan fingerprint density at radius 3 is 2.87 bits per heavy atom. The van der Waals surface area contributed by atoms with Crippen molar-refractivity contribution in [1.82, 2.24) is 5.32 Å². The third-order valence-corrected chi connectivity index (χ3v) is 3.65. The van der Waals surface area contributed by atoms with Crippen LogP contribution in [0.1, 0.15) is 32.6 Å². The first-order valence-electron chi connectivity index (χ1n) is 6.08. The smallest absolute Gasteiger partial charge is 0.0549 e. The fourth-order valence-corrected chi connectivity index (χ4v) is 2.36. The van der Waals surface area contributed by atoms with Crippen molar-refractivity contribution in [3.8, 4) is 0 Å². The molecule has 1 saturated heterocycles. The van der Waals surface area contributed by atoms with Gasteiger partial charge in [0.05, 0.1) is 12.7 Å². The second kappa shape index (κ2) is 4.81. The highest BCUT2D eigenvalue weighted by Gasteiger charge is 2.37. The van der Waals surface area contributed by atoms with Crippen LogP contribution >= 0.6 is 0 Å². The molecule has 0 radical (unpaired) electrons. The molecule has 3 nitrogen and oxygen atoms in total. The second-order valence-electron chi connectivity index (χ2n) is 5.21. The molecule has 0 aromatic rings. The molecule has 0 spiro atoms. The molecule has 2 unspecified atom stereocenters. The Morgan fingerprint density at radius 2 is 2.33 bits per heavy atom. The number of nitrogens with one attached hydrogen (secondary N) is 1. The molecular formula is C12H23NO2. The zero-order valence-electron chi connectivity index (χ0n) is 9.92. The van der Waals surface area contributed by atoms with Crippen LogP contribution in [0.2, 0.25) is 0 Å². The third kappa shape index (κ3) is 3.16. The quantitative estimate of drug-likeness (QED) is 0.726. The molecule has 1 aliphatic carbocycles. The van der Waals surface area contributed by atoms with Crippen LogP contribution in [0.5, 0.6) is 0 Å². The SMILES string of the molecule is COC(C)CC1(CNC2CC2)CCOC1. The molecule has 2 aliphatic rings. The van der Waals surface area contributed by atoms with Gasteiger partial charge in [-0.05, 0) is 32.6 Å². The van der Waals surface area contributed by atoms with Crippen molar-refractivity contribution >= 4 is 0 Å². The minimum Gasteiger partial charge on any atom is -0.382 e. The van der Waals surface area contributed by atoms with Gasteiger partial charge in [-0.2, -0.15) is 0 Å². The van der Waals surface area contributed by atoms with E-state index < -0.39 is 0 Å². The van der Waals surface area contributed by atoms with E-state index in [1.54, 1.807) is 7.11 Å². The van der Waals surface area contributed by atoms with Gasteiger partial charge in [-0.25, -0.2) is 0 Å². The molecular weight excluding hydrogens is 190 g/mol. The minimum absolute atomic E-state index is 0.331. The highest BCUT2D eigenvalue weighted by atomic mass is 16.5. The summed E-state index contributed by atoms with van der Waals surface area (Å²) in [5, 5.41) is 3.63. The molecule has 2 fully saturated rings. The largest absolute Gasteiger partial charge is 0.382 e. The Hall–Kier alpha value is -0.120. The van der Waals surface area contributed by atoms with Crippen molar-refractivity contribution in [2.45, 2.75) is 44.8 Å². The van der Waals surface area contributed by atoms with E-state index in [-0.39, 0.29) is 0 Å². The average Bonchev–Trinajstić information content (AvgIpc) is 2.97. The number of rotatable bonds is 6. The highest BCUT2D eigenvalue weighted by molar-refractivity contribution is 4.91. The summed E-state index contributed by atoms with van der Waals surface area (Å²) in [7, 11) is 1.79. The fraction of sp³-hybridized carbons (Fsp3) is 1.00. The lowest BCUT2D eigenvalue weighted by Gasteiger charge is -2.30. The third-order valence-electron chi connectivity index (χ3n) is 3.65. The maximum atomic E-state index is 5.56. The number of methoxy groups -OCH3 is 1. The van der Waals surface area contributed by atoms with Gasteiger partial charge in [0.15, 0.2) is 0 Å². The summed E-state index contributed by atoms with van der Waals surface area (Å²) in [6.45, 7) is 5.08. The van der Waals surface area contributed by atoms with E-state index in [4.69, 9.17) is 9.47 Å². The van der Waals surface area contributed by atoms with Crippen LogP contribution in [0.4, 0.5) is 0 Å². The van der Waals surface area contributed by atoms with Crippen molar-refractivity contribution in [2.75, 3.05) is 26.9 Å². The van der Waals surface area contributed by atoms with Crippen LogP contribution in [0.25, 0.3) is 0 Å². The average molecular weight is 213 g/mol. The number of hydrogen-bond donors (Lipinski definition) is 1. The molecule has 0 aromatic heterocycles. The van der Waals surface area contributed by atoms with Gasteiger partial charge in [-0.1, -0.05) is 0 Å². The van der Waals surface area contributed by atoms with Gasteiger partial charge in [0.1, 0.15) is 0 Å². The van der Waals surface area contributed by atoms with Gasteiger partial charge in [0.2, 0.25) is 0 Å². The molecule has 15 heavy (non-hydrogen) atoms. The van der Waals surface area contributed by atoms with Crippen LogP contribution in [-0.4, -0.2) is 39.0 Å². The zero-order chi connectivity index (χ0) is 10.7. The molecule has 1 heterocycles. The van der Waals surface area contributed by atoms with E-state index in [1.807, 2.05) is 0 Å². The Labute approximate surface area is 92.5 Å². The second-order valence-corrected chi connectivity index (χ2v) is 5.21. The first kappa shape index (κ1) is 11.4. The van der Waals surface area contributed by atoms with Crippen molar-refractivity contribution in [3.05, 3.63) is 0 Å². The molecule has 1 N–H and O–H groups in total. The molecule has 88 valence electrons. The predicted octanol–water partition coefficient (Wildman–Crippen LogP) is 1.57. The molecule has 2 rings (SSSR count). The van der Waals surface area contributed by atoms with E-state index >= 15 is 0 Å². The van der Waals surface area contributed by atoms with Crippen molar-refractivity contribution in [2.24, 2.45) is 5.41 Å². The van der Waals surface area contributed by atoms with E-state index in [0.29, 0.717) is 11.5 Å². The molecule has 0 amide bonds. The molecule has 0 aromatic carbocycles. The summed E-state index contributed by atoms with van der Waals surface area (Å²) in [6, 6.07) is 0.792. The van der Waals surface area contributed by atoms with Crippen LogP contribution < -0.4 is 5.32 Å². The lowest BCUT2D eigenvalue weighted by molar-refractivity contribution is 0.0543. The standard InChI is InChI=1S/C12H23NO2/c1-10(14-2)7-12(5-6-15-9-12)8-13-11-3-4-11/h10-11,13H,3-9H2,1-2H3. The summed E-state index contributed by atoms with van der Waals surface area (Å²) in [6.07, 6.45) is 5.35. The van der Waals surface area contributed by atoms with Crippen LogP contribution in [0.15, 0.2) is 0 Å². The van der Waals surface area contributed by atoms with Crippen molar-refractivity contribution in [1.29, 1.82) is 0 Å². The van der Waals surface area contributed by atoms with Crippen LogP contribution in [0.3, 0.4) is 0 Å². The van der Waals surface area contributed by atoms with Crippen LogP contribution in [-0.2, 0) is 9.47 Å². The normalized spacial score (nSPS) is 33.2. The number of ether oxygens (including phenoxy) is 2. The topological polar surface area (TPSA) is 30.5 Å². The lowest BCUT2D eigenvalue weighted by atomic mass is 9.81. The first-order valence-corrected chi connectivity index (χ1v) is 6.08. The van der Waals surface area contributed by atoms with Gasteiger partial charge in [0, 0.05) is 31.7 Å². The molecule has 3 heteroatoms. The Balaban J connectivity index is 1.83. The maximum absolute atomic E-state index is 5.56. The first-order chi connectivity index (χ1) is 7.24. The van der Waals surface area contributed by atoms with Crippen molar-refractivity contribution < 1.29 is 9.47 Å². The molecule has 1 saturated carbocycles. The minimum atomic E-state index is 0.331. The summed E-state index contributed by atoms with van der Waals surface area (Å²) < 4.78 is 10.9. The summed E-state index contributed by atoms with van der Waals surface area (Å²) >= 11 is 0. The van der Waals surface area contributed by atoms with E-state index in [1.165, 1.54) is 19.3 Å². The predicted molar refractivity (Wildman–Crippen MR) is 60.0 cm³/mol. The van der Waals surface area contributed by atoms with Gasteiger partial charge in [-0.3, -0.25) is 0 Å². The zero-order valence-corrected chi connectivity index (χ0v) is 9.92. The van der Waals surface area contributed by atoms with Crippen LogP contribution in [0, 0.1) is 5.41 Å². The summed E-state index contributed by atoms with van der Waals surface area (Å²) in [4.78, 5) is 0. The van der Waals surface area contributed by atoms with E-state index in [2.05, 4.69) is 12.2 Å². The molecule has 1 aliphatic heterocycles. The summed E-state index contributed by atoms with van der Waals surface area (Å²) in [5.41, 5.74) is 0.331. The van der Waals surface area contributed by atoms with Crippen molar-refractivity contribution in [3.63, 3.8) is 0 Å². The van der Waals surface area contributed by atoms with Gasteiger partial charge in [0.25, 0.3) is 0 Å². The molecule has 2 atom stereocenters. The van der Waals surface area contributed by atoms with Gasteiger partial charge in [-0.15, -0.1) is 0 Å². The molecule has 0 bridgehead atoms. The van der Waals surface area contributed by atoms with Gasteiger partial charge < -0.3 is 14.8 Å². The Kier molecular flexibility index (Phi) is 3.65. The monoisotopic (exact) mass is 213 g/mol. The fourth-order valence-electron chi connectivity index (χ4n) is 2.36. The van der Waals surface area contributed by atoms with E-state index in [0.717, 1.165) is 32.2 Å². The van der Waals surface area contributed by atoms with Gasteiger partial charge >= 0.3 is 0 Å². The van der Waals surface area contributed by atoms with E-state index in [9.17, 15) is 0 Å². The number of hydrogen-bond acceptors (Lipinski definition) is 3. The summed E-state index contributed by atoms with van der Waals surface area (Å²) in [5.74, 6) is 0. The Morgan fingerprint density at radius 1 is 1.53 bits per heavy atom. The Bertz CT molecular complexity index is 198. The highest BCUT2D eigenvalue weighted by Crippen LogP contribution is 2.34. The lowest BCUT2D eigenvalue weighted by Crippen LogP contribution is -2.38.